The zero-order valence-electron chi connectivity index (χ0n) is 14.2. The van der Waals surface area contributed by atoms with E-state index in [0.717, 1.165) is 4.52 Å². The zero-order chi connectivity index (χ0) is 20.8. The number of halogens is 3. The first-order chi connectivity index (χ1) is 13.8. The van der Waals surface area contributed by atoms with Gasteiger partial charge in [-0.25, -0.2) is 18.2 Å². The molecule has 29 heavy (non-hydrogen) atoms. The second-order valence-electron chi connectivity index (χ2n) is 5.89. The van der Waals surface area contributed by atoms with Gasteiger partial charge < -0.3 is 0 Å². The number of nitrogens with zero attached hydrogens (tertiary/aromatic N) is 3. The van der Waals surface area contributed by atoms with Crippen molar-refractivity contribution in [2.24, 2.45) is 0 Å². The van der Waals surface area contributed by atoms with Crippen molar-refractivity contribution in [3.63, 3.8) is 0 Å². The Labute approximate surface area is 179 Å². The lowest BCUT2D eigenvalue weighted by molar-refractivity contribution is 0.601. The fraction of sp³-hybridized carbons (Fsp3) is 0. The first kappa shape index (κ1) is 19.7. The van der Waals surface area contributed by atoms with E-state index in [1.165, 1.54) is 36.8 Å². The number of rotatable bonds is 4. The van der Waals surface area contributed by atoms with Crippen LogP contribution in [0, 0.1) is 0 Å². The summed E-state index contributed by atoms with van der Waals surface area (Å²) in [5, 5.41) is 4.38. The van der Waals surface area contributed by atoms with Crippen LogP contribution in [0.4, 0.5) is 5.69 Å². The van der Waals surface area contributed by atoms with Gasteiger partial charge >= 0.3 is 5.69 Å². The van der Waals surface area contributed by atoms with E-state index in [1.54, 1.807) is 12.1 Å². The number of H-pyrrole nitrogens is 1. The second kappa shape index (κ2) is 7.34. The Balaban J connectivity index is 1.66. The van der Waals surface area contributed by atoms with Crippen LogP contribution in [0.3, 0.4) is 0 Å². The third-order valence-electron chi connectivity index (χ3n) is 4.02. The van der Waals surface area contributed by atoms with E-state index in [2.05, 4.69) is 19.8 Å². The summed E-state index contributed by atoms with van der Waals surface area (Å²) in [5.41, 5.74) is 1.34. The molecular weight excluding hydrogens is 461 g/mol. The van der Waals surface area contributed by atoms with Crippen molar-refractivity contribution in [1.29, 1.82) is 0 Å². The first-order valence-corrected chi connectivity index (χ1v) is 10.6. The maximum atomic E-state index is 12.7. The molecule has 0 unspecified atom stereocenters. The van der Waals surface area contributed by atoms with E-state index < -0.39 is 15.7 Å². The minimum absolute atomic E-state index is 0.0192. The van der Waals surface area contributed by atoms with E-state index in [4.69, 9.17) is 34.8 Å². The van der Waals surface area contributed by atoms with E-state index in [9.17, 15) is 13.2 Å². The van der Waals surface area contributed by atoms with Crippen molar-refractivity contribution in [3.05, 3.63) is 74.5 Å². The molecule has 0 fully saturated rings. The van der Waals surface area contributed by atoms with Crippen LogP contribution in [0.25, 0.3) is 16.8 Å². The number of nitrogens with one attached hydrogen (secondary N) is 2. The average molecular weight is 471 g/mol. The minimum atomic E-state index is -3.90. The molecule has 2 heterocycles. The zero-order valence-corrected chi connectivity index (χ0v) is 17.3. The Morgan fingerprint density at radius 2 is 1.69 bits per heavy atom. The Morgan fingerprint density at radius 1 is 1.03 bits per heavy atom. The number of sulfonamides is 1. The first-order valence-electron chi connectivity index (χ1n) is 7.95. The molecule has 2 aromatic heterocycles. The van der Waals surface area contributed by atoms with Gasteiger partial charge in [-0.2, -0.15) is 9.61 Å². The fourth-order valence-electron chi connectivity index (χ4n) is 2.67. The Morgan fingerprint density at radius 3 is 2.34 bits per heavy atom. The smallest absolute Gasteiger partial charge is 0.296 e. The number of benzene rings is 2. The molecule has 0 spiro atoms. The lowest BCUT2D eigenvalue weighted by atomic mass is 10.1. The standard InChI is InChI=1S/C17H10Cl3N5O3S/c18-13-5-10(6-14(19)15(13)20)24-29(27,28)11-3-1-9(2-4-11)12-7-23-25-16(12)21-8-22-17(25)26/h1-8,24H,(H,21,22,26). The molecule has 2 N–H and O–H groups in total. The molecule has 0 atom stereocenters. The molecule has 0 saturated carbocycles. The topological polar surface area (TPSA) is 109 Å². The summed E-state index contributed by atoms with van der Waals surface area (Å²) in [5.74, 6) is 0. The van der Waals surface area contributed by atoms with Crippen LogP contribution in [0.2, 0.25) is 15.1 Å². The summed E-state index contributed by atoms with van der Waals surface area (Å²) in [4.78, 5) is 18.3. The summed E-state index contributed by atoms with van der Waals surface area (Å²) in [6.45, 7) is 0. The van der Waals surface area contributed by atoms with Crippen LogP contribution in [0.1, 0.15) is 0 Å². The van der Waals surface area contributed by atoms with Gasteiger partial charge in [-0.05, 0) is 29.8 Å². The van der Waals surface area contributed by atoms with Gasteiger partial charge in [-0.1, -0.05) is 46.9 Å². The summed E-state index contributed by atoms with van der Waals surface area (Å²) >= 11 is 17.8. The van der Waals surface area contributed by atoms with Gasteiger partial charge in [0.15, 0.2) is 5.65 Å². The number of aromatic nitrogens is 4. The molecule has 4 rings (SSSR count). The molecule has 8 nitrogen and oxygen atoms in total. The Bertz CT molecular complexity index is 1380. The Kier molecular flexibility index (Phi) is 4.99. The van der Waals surface area contributed by atoms with Gasteiger partial charge in [0.1, 0.15) is 0 Å². The largest absolute Gasteiger partial charge is 0.349 e. The minimum Gasteiger partial charge on any atom is -0.296 e. The van der Waals surface area contributed by atoms with Gasteiger partial charge in [0.05, 0.1) is 38.2 Å². The number of fused-ring (bicyclic) bond motifs is 1. The number of hydrogen-bond acceptors (Lipinski definition) is 5. The quantitative estimate of drug-likeness (QED) is 0.440. The Hall–Kier alpha value is -2.59. The van der Waals surface area contributed by atoms with Crippen LogP contribution >= 0.6 is 34.8 Å². The number of aromatic amines is 1. The number of anilines is 1. The van der Waals surface area contributed by atoms with Crippen LogP contribution in [0.5, 0.6) is 0 Å². The molecule has 0 bridgehead atoms. The van der Waals surface area contributed by atoms with Gasteiger partial charge in [-0.3, -0.25) is 9.71 Å². The fourth-order valence-corrected chi connectivity index (χ4v) is 4.31. The van der Waals surface area contributed by atoms with Crippen molar-refractivity contribution in [1.82, 2.24) is 19.6 Å². The molecule has 0 aliphatic carbocycles. The highest BCUT2D eigenvalue weighted by atomic mass is 35.5. The summed E-state index contributed by atoms with van der Waals surface area (Å²) in [6.07, 6.45) is 2.75. The van der Waals surface area contributed by atoms with E-state index in [-0.39, 0.29) is 25.7 Å². The van der Waals surface area contributed by atoms with Crippen molar-refractivity contribution < 1.29 is 8.42 Å². The van der Waals surface area contributed by atoms with Gasteiger partial charge in [0, 0.05) is 5.56 Å². The van der Waals surface area contributed by atoms with Crippen LogP contribution in [0.15, 0.2) is 58.6 Å². The highest BCUT2D eigenvalue weighted by Gasteiger charge is 2.17. The molecule has 2 aromatic carbocycles. The van der Waals surface area contributed by atoms with E-state index >= 15 is 0 Å². The van der Waals surface area contributed by atoms with E-state index in [0.29, 0.717) is 16.8 Å². The maximum absolute atomic E-state index is 12.7. The lowest BCUT2D eigenvalue weighted by Gasteiger charge is -2.10. The highest BCUT2D eigenvalue weighted by molar-refractivity contribution is 7.92. The average Bonchev–Trinajstić information content (AvgIpc) is 3.11. The third kappa shape index (κ3) is 3.69. The van der Waals surface area contributed by atoms with Crippen LogP contribution in [-0.4, -0.2) is 28.0 Å². The molecule has 0 saturated heterocycles. The maximum Gasteiger partial charge on any atom is 0.349 e. The number of hydrogen-bond donors (Lipinski definition) is 2. The van der Waals surface area contributed by atoms with Gasteiger partial charge in [0.2, 0.25) is 0 Å². The molecule has 148 valence electrons. The summed E-state index contributed by atoms with van der Waals surface area (Å²) in [7, 11) is -3.90. The lowest BCUT2D eigenvalue weighted by Crippen LogP contribution is -2.17. The van der Waals surface area contributed by atoms with Crippen molar-refractivity contribution in [3.8, 4) is 11.1 Å². The van der Waals surface area contributed by atoms with Gasteiger partial charge in [-0.15, -0.1) is 0 Å². The molecule has 0 aliphatic heterocycles. The molecule has 0 radical (unpaired) electrons. The molecular formula is C17H10Cl3N5O3S. The molecule has 12 heteroatoms. The predicted octanol–water partition coefficient (Wildman–Crippen LogP) is 3.85. The summed E-state index contributed by atoms with van der Waals surface area (Å²) in [6, 6.07) is 8.77. The molecule has 4 aromatic rings. The second-order valence-corrected chi connectivity index (χ2v) is 8.76. The van der Waals surface area contributed by atoms with Crippen LogP contribution < -0.4 is 10.4 Å². The molecule has 0 aliphatic rings. The summed E-state index contributed by atoms with van der Waals surface area (Å²) < 4.78 is 28.8. The monoisotopic (exact) mass is 469 g/mol. The predicted molar refractivity (Wildman–Crippen MR) is 111 cm³/mol. The van der Waals surface area contributed by atoms with Crippen LogP contribution in [-0.2, 0) is 10.0 Å². The van der Waals surface area contributed by atoms with Crippen molar-refractivity contribution in [2.45, 2.75) is 4.90 Å². The van der Waals surface area contributed by atoms with E-state index in [1.807, 2.05) is 0 Å². The van der Waals surface area contributed by atoms with Crippen molar-refractivity contribution in [2.75, 3.05) is 4.72 Å². The van der Waals surface area contributed by atoms with Gasteiger partial charge in [0.25, 0.3) is 10.0 Å². The third-order valence-corrected chi connectivity index (χ3v) is 6.62. The SMILES string of the molecule is O=c1[nH]cnc2c(-c3ccc(S(=O)(=O)Nc4cc(Cl)c(Cl)c(Cl)c4)cc3)cnn12. The highest BCUT2D eigenvalue weighted by Crippen LogP contribution is 2.34. The molecule has 0 amide bonds. The van der Waals surface area contributed by atoms with Crippen molar-refractivity contribution >= 4 is 56.2 Å². The normalized spacial score (nSPS) is 11.7.